The number of methoxy groups -OCH3 is 1. The first-order chi connectivity index (χ1) is 19.6. The van der Waals surface area contributed by atoms with Crippen molar-refractivity contribution in [2.75, 3.05) is 26.9 Å². The Kier molecular flexibility index (Phi) is 21.7. The van der Waals surface area contributed by atoms with Crippen LogP contribution < -0.4 is 18.9 Å². The van der Waals surface area contributed by atoms with Crippen molar-refractivity contribution in [3.05, 3.63) is 104 Å². The van der Waals surface area contributed by atoms with E-state index in [0.29, 0.717) is 31.5 Å². The van der Waals surface area contributed by atoms with Gasteiger partial charge in [-0.15, -0.1) is 6.58 Å². The molecule has 0 atom stereocenters. The Morgan fingerprint density at radius 1 is 0.700 bits per heavy atom. The second-order valence-electron chi connectivity index (χ2n) is 7.51. The molecule has 3 rings (SSSR count). The van der Waals surface area contributed by atoms with Gasteiger partial charge in [0.1, 0.15) is 48.1 Å². The number of aliphatic hydroxyl groups excluding tert-OH is 1. The van der Waals surface area contributed by atoms with Crippen molar-refractivity contribution in [2.24, 2.45) is 0 Å². The van der Waals surface area contributed by atoms with E-state index in [4.69, 9.17) is 33.6 Å². The fraction of sp³-hybridized carbons (Fsp3) is 0.219. The summed E-state index contributed by atoms with van der Waals surface area (Å²) in [5.41, 5.74) is 0.634. The molecular formula is C32H38O8. The second kappa shape index (κ2) is 24.6. The van der Waals surface area contributed by atoms with Gasteiger partial charge in [-0.3, -0.25) is 9.59 Å². The summed E-state index contributed by atoms with van der Waals surface area (Å²) in [6.45, 7) is 10.1. The number of carbonyl (C=O) groups is 3. The summed E-state index contributed by atoms with van der Waals surface area (Å²) in [5.74, 6) is 3.93. The molecule has 0 spiro atoms. The van der Waals surface area contributed by atoms with Gasteiger partial charge >= 0.3 is 0 Å². The molecule has 0 radical (unpaired) electrons. The lowest BCUT2D eigenvalue weighted by atomic mass is 10.2. The third-order valence-electron chi connectivity index (χ3n) is 4.62. The maximum atomic E-state index is 10.3. The van der Waals surface area contributed by atoms with Crippen LogP contribution in [0.3, 0.4) is 0 Å². The van der Waals surface area contributed by atoms with Gasteiger partial charge in [-0.2, -0.15) is 0 Å². The van der Waals surface area contributed by atoms with E-state index in [1.54, 1.807) is 31.4 Å². The molecule has 0 aliphatic rings. The summed E-state index contributed by atoms with van der Waals surface area (Å²) >= 11 is 0. The molecule has 214 valence electrons. The number of unbranched alkanes of at least 4 members (excludes halogenated alkanes) is 1. The van der Waals surface area contributed by atoms with E-state index in [0.717, 1.165) is 47.9 Å². The smallest absolute Gasteiger partial charge is 0.150 e. The highest BCUT2D eigenvalue weighted by Crippen LogP contribution is 2.25. The van der Waals surface area contributed by atoms with Gasteiger partial charge in [-0.1, -0.05) is 12.7 Å². The fourth-order valence-corrected chi connectivity index (χ4v) is 2.70. The van der Waals surface area contributed by atoms with Crippen molar-refractivity contribution in [1.82, 2.24) is 0 Å². The SMILES string of the molecule is C=CC=O.C=CCCCOc1ccc(Oc2ccc(OC)cc2)cc1.C=O.O=Cc1ccc(OCCCO)cc1. The van der Waals surface area contributed by atoms with Crippen LogP contribution in [0.1, 0.15) is 29.6 Å². The lowest BCUT2D eigenvalue weighted by Crippen LogP contribution is -1.99. The number of ether oxygens (including phenoxy) is 4. The Bertz CT molecular complexity index is 1060. The predicted octanol–water partition coefficient (Wildman–Crippen LogP) is 6.28. The minimum Gasteiger partial charge on any atom is -0.497 e. The number of rotatable bonds is 14. The van der Waals surface area contributed by atoms with Gasteiger partial charge in [0.2, 0.25) is 0 Å². The summed E-state index contributed by atoms with van der Waals surface area (Å²) in [5, 5.41) is 8.50. The van der Waals surface area contributed by atoms with E-state index in [1.165, 1.54) is 6.08 Å². The second-order valence-corrected chi connectivity index (χ2v) is 7.51. The Balaban J connectivity index is 0.000000682. The van der Waals surface area contributed by atoms with Gasteiger partial charge in [-0.25, -0.2) is 0 Å². The number of aldehydes is 2. The molecule has 0 amide bonds. The van der Waals surface area contributed by atoms with Crippen LogP contribution in [0.2, 0.25) is 0 Å². The summed E-state index contributed by atoms with van der Waals surface area (Å²) in [6.07, 6.45) is 7.09. The number of hydrogen-bond donors (Lipinski definition) is 1. The molecule has 3 aromatic carbocycles. The maximum Gasteiger partial charge on any atom is 0.150 e. The predicted molar refractivity (Wildman–Crippen MR) is 157 cm³/mol. The highest BCUT2D eigenvalue weighted by Gasteiger charge is 2.00. The normalized spacial score (nSPS) is 8.95. The molecule has 8 nitrogen and oxygen atoms in total. The molecule has 1 N–H and O–H groups in total. The Morgan fingerprint density at radius 3 is 1.52 bits per heavy atom. The molecule has 0 heterocycles. The van der Waals surface area contributed by atoms with E-state index in [-0.39, 0.29) is 6.61 Å². The number of carbonyl (C=O) groups excluding carboxylic acids is 3. The van der Waals surface area contributed by atoms with Gasteiger partial charge in [0.15, 0.2) is 0 Å². The van der Waals surface area contributed by atoms with Gasteiger partial charge in [0, 0.05) is 18.6 Å². The first-order valence-corrected chi connectivity index (χ1v) is 12.4. The zero-order valence-corrected chi connectivity index (χ0v) is 22.9. The lowest BCUT2D eigenvalue weighted by Gasteiger charge is -2.08. The highest BCUT2D eigenvalue weighted by molar-refractivity contribution is 5.74. The Labute approximate surface area is 236 Å². The van der Waals surface area contributed by atoms with Crippen molar-refractivity contribution < 1.29 is 38.4 Å². The first kappa shape index (κ1) is 35.3. The quantitative estimate of drug-likeness (QED) is 0.108. The van der Waals surface area contributed by atoms with Crippen LogP contribution in [0, 0.1) is 0 Å². The molecule has 0 aliphatic carbocycles. The average molecular weight is 551 g/mol. The van der Waals surface area contributed by atoms with Crippen LogP contribution >= 0.6 is 0 Å². The summed E-state index contributed by atoms with van der Waals surface area (Å²) < 4.78 is 21.8. The van der Waals surface area contributed by atoms with Crippen LogP contribution in [0.25, 0.3) is 0 Å². The van der Waals surface area contributed by atoms with E-state index >= 15 is 0 Å². The van der Waals surface area contributed by atoms with Gasteiger partial charge < -0.3 is 28.8 Å². The average Bonchev–Trinajstić information content (AvgIpc) is 3.02. The standard InChI is InChI=1S/C18H20O3.C10H12O3.C3H4O.CH2O/c1-3-4-5-14-20-16-8-12-18(13-9-16)21-17-10-6-15(19-2)7-11-17;11-6-1-7-13-10-4-2-9(8-12)3-5-10;1-2-3-4;1-2/h3,6-13H,1,4-5,14H2,2H3;2-5,8,11H,1,6-7H2;2-3H,1H2;1H2. The van der Waals surface area contributed by atoms with E-state index in [9.17, 15) is 4.79 Å². The van der Waals surface area contributed by atoms with Gasteiger partial charge in [-0.05, 0) is 91.7 Å². The maximum absolute atomic E-state index is 10.3. The zero-order chi connectivity index (χ0) is 29.8. The third-order valence-corrected chi connectivity index (χ3v) is 4.62. The molecule has 0 fully saturated rings. The van der Waals surface area contributed by atoms with Crippen molar-refractivity contribution in [3.63, 3.8) is 0 Å². The Hall–Kier alpha value is -4.69. The highest BCUT2D eigenvalue weighted by atomic mass is 16.5. The summed E-state index contributed by atoms with van der Waals surface area (Å²) in [6, 6.07) is 22.0. The van der Waals surface area contributed by atoms with Crippen molar-refractivity contribution in [2.45, 2.75) is 19.3 Å². The molecule has 40 heavy (non-hydrogen) atoms. The minimum absolute atomic E-state index is 0.131. The van der Waals surface area contributed by atoms with Crippen molar-refractivity contribution >= 4 is 19.4 Å². The minimum atomic E-state index is 0.131. The van der Waals surface area contributed by atoms with E-state index in [1.807, 2.05) is 61.4 Å². The molecule has 8 heteroatoms. The zero-order valence-electron chi connectivity index (χ0n) is 22.9. The molecule has 0 bridgehead atoms. The molecule has 0 aromatic heterocycles. The monoisotopic (exact) mass is 550 g/mol. The van der Waals surface area contributed by atoms with Crippen LogP contribution in [0.5, 0.6) is 28.7 Å². The van der Waals surface area contributed by atoms with E-state index in [2.05, 4.69) is 13.2 Å². The lowest BCUT2D eigenvalue weighted by molar-refractivity contribution is -0.104. The molecule has 0 saturated heterocycles. The van der Waals surface area contributed by atoms with Crippen LogP contribution in [0.15, 0.2) is 98.1 Å². The van der Waals surface area contributed by atoms with Crippen molar-refractivity contribution in [1.29, 1.82) is 0 Å². The fourth-order valence-electron chi connectivity index (χ4n) is 2.70. The Morgan fingerprint density at radius 2 is 1.12 bits per heavy atom. The number of aliphatic hydroxyl groups is 1. The number of benzene rings is 3. The van der Waals surface area contributed by atoms with Crippen LogP contribution in [-0.2, 0) is 9.59 Å². The van der Waals surface area contributed by atoms with Gasteiger partial charge in [0.25, 0.3) is 0 Å². The summed E-state index contributed by atoms with van der Waals surface area (Å²) in [4.78, 5) is 27.4. The van der Waals surface area contributed by atoms with Crippen LogP contribution in [0.4, 0.5) is 0 Å². The summed E-state index contributed by atoms with van der Waals surface area (Å²) in [7, 11) is 1.64. The van der Waals surface area contributed by atoms with Gasteiger partial charge in [0.05, 0.1) is 20.3 Å². The molecule has 0 saturated carbocycles. The van der Waals surface area contributed by atoms with E-state index < -0.39 is 0 Å². The molecule has 0 aliphatic heterocycles. The first-order valence-electron chi connectivity index (χ1n) is 12.4. The molecule has 0 unspecified atom stereocenters. The molecule has 3 aromatic rings. The number of hydrogen-bond acceptors (Lipinski definition) is 8. The largest absolute Gasteiger partial charge is 0.497 e. The third kappa shape index (κ3) is 16.9. The topological polar surface area (TPSA) is 108 Å². The van der Waals surface area contributed by atoms with Crippen molar-refractivity contribution in [3.8, 4) is 28.7 Å². The van der Waals surface area contributed by atoms with Crippen LogP contribution in [-0.4, -0.2) is 51.4 Å². The molecular weight excluding hydrogens is 512 g/mol. The number of allylic oxidation sites excluding steroid dienone is 2.